The molecule has 9 heteroatoms. The largest absolute Gasteiger partial charge is 0.384 e. The lowest BCUT2D eigenvalue weighted by atomic mass is 9.84. The zero-order valence-corrected chi connectivity index (χ0v) is 22.7. The molecule has 0 unspecified atom stereocenters. The molecule has 0 fully saturated rings. The van der Waals surface area contributed by atoms with Crippen molar-refractivity contribution in [1.29, 1.82) is 0 Å². The van der Waals surface area contributed by atoms with Crippen molar-refractivity contribution < 1.29 is 23.4 Å². The van der Waals surface area contributed by atoms with Crippen molar-refractivity contribution in [3.05, 3.63) is 77.8 Å². The summed E-state index contributed by atoms with van der Waals surface area (Å²) in [6, 6.07) is 12.0. The van der Waals surface area contributed by atoms with Gasteiger partial charge in [-0.2, -0.15) is 0 Å². The van der Waals surface area contributed by atoms with E-state index < -0.39 is 35.1 Å². The first-order chi connectivity index (χ1) is 17.9. The predicted octanol–water partition coefficient (Wildman–Crippen LogP) is 4.54. The van der Waals surface area contributed by atoms with E-state index in [4.69, 9.17) is 15.5 Å². The maximum atomic E-state index is 14.8. The maximum absolute atomic E-state index is 14.8. The number of carbonyl (C=O) groups is 1. The van der Waals surface area contributed by atoms with Crippen molar-refractivity contribution in [1.82, 2.24) is 14.5 Å². The molecule has 0 saturated carbocycles. The Labute approximate surface area is 223 Å². The van der Waals surface area contributed by atoms with Crippen LogP contribution >= 0.6 is 0 Å². The molecule has 0 aliphatic heterocycles. The summed E-state index contributed by atoms with van der Waals surface area (Å²) in [6.07, 6.45) is 0.862. The van der Waals surface area contributed by atoms with E-state index in [1.54, 1.807) is 18.2 Å². The average Bonchev–Trinajstić information content (AvgIpc) is 3.25. The number of aliphatic hydroxyl groups excluding tert-OH is 1. The summed E-state index contributed by atoms with van der Waals surface area (Å²) in [7, 11) is 1.56. The molecule has 2 aromatic carbocycles. The minimum absolute atomic E-state index is 0.0289. The van der Waals surface area contributed by atoms with Gasteiger partial charge in [-0.1, -0.05) is 51.1 Å². The van der Waals surface area contributed by atoms with E-state index >= 15 is 0 Å². The lowest BCUT2D eigenvalue weighted by Crippen LogP contribution is -2.47. The van der Waals surface area contributed by atoms with Gasteiger partial charge in [-0.15, -0.1) is 0 Å². The van der Waals surface area contributed by atoms with Gasteiger partial charge in [0.05, 0.1) is 18.3 Å². The van der Waals surface area contributed by atoms with Gasteiger partial charge in [0, 0.05) is 38.0 Å². The Hall–Kier alpha value is -3.14. The Morgan fingerprint density at radius 2 is 1.87 bits per heavy atom. The fourth-order valence-electron chi connectivity index (χ4n) is 4.58. The smallest absolute Gasteiger partial charge is 0.251 e. The highest BCUT2D eigenvalue weighted by Gasteiger charge is 2.39. The Balaban J connectivity index is 2.18. The van der Waals surface area contributed by atoms with Crippen LogP contribution in [0.5, 0.6) is 0 Å². The van der Waals surface area contributed by atoms with Crippen molar-refractivity contribution >= 4 is 5.91 Å². The normalized spacial score (nSPS) is 14.2. The first-order valence-electron chi connectivity index (χ1n) is 12.7. The molecule has 206 valence electrons. The van der Waals surface area contributed by atoms with E-state index in [2.05, 4.69) is 0 Å². The molecular weight excluding hydrogens is 490 g/mol. The van der Waals surface area contributed by atoms with Crippen molar-refractivity contribution in [2.45, 2.75) is 58.8 Å². The van der Waals surface area contributed by atoms with E-state index in [-0.39, 0.29) is 23.8 Å². The standard InChI is InChI=1S/C29H38F2N4O3/c1-19(36)28(37)35(14-13-22(32)18-38-5)26(29(2,3)4)27-33-25(23-15-21(30)11-12-24(23)31)17-34(27)16-20-9-7-6-8-10-20/h6-12,15,17,19,22,26,36H,13-14,16,18,32H2,1-5H3/t19-,22-,26-/m0/s1. The van der Waals surface area contributed by atoms with Crippen LogP contribution in [-0.2, 0) is 16.1 Å². The Morgan fingerprint density at radius 3 is 2.47 bits per heavy atom. The number of nitrogens with two attached hydrogens (primary N) is 1. The predicted molar refractivity (Wildman–Crippen MR) is 143 cm³/mol. The number of rotatable bonds is 11. The number of hydrogen-bond donors (Lipinski definition) is 2. The fourth-order valence-corrected chi connectivity index (χ4v) is 4.58. The number of methoxy groups -OCH3 is 1. The molecule has 1 heterocycles. The zero-order valence-electron chi connectivity index (χ0n) is 22.7. The Bertz CT molecular complexity index is 1210. The third-order valence-corrected chi connectivity index (χ3v) is 6.35. The molecule has 1 amide bonds. The van der Waals surface area contributed by atoms with Crippen molar-refractivity contribution in [3.8, 4) is 11.3 Å². The second-order valence-electron chi connectivity index (χ2n) is 10.7. The summed E-state index contributed by atoms with van der Waals surface area (Å²) in [5.41, 5.74) is 6.88. The van der Waals surface area contributed by atoms with Crippen LogP contribution in [0.1, 0.15) is 51.5 Å². The lowest BCUT2D eigenvalue weighted by molar-refractivity contribution is -0.145. The van der Waals surface area contributed by atoms with Gasteiger partial charge in [-0.05, 0) is 42.5 Å². The SMILES string of the molecule is COC[C@@H](N)CCN(C(=O)[C@H](C)O)[C@@H](c1nc(-c2cc(F)ccc2F)cn1Cc1ccccc1)C(C)(C)C. The van der Waals surface area contributed by atoms with Gasteiger partial charge in [-0.3, -0.25) is 4.79 Å². The molecule has 3 N–H and O–H groups in total. The fraction of sp³-hybridized carbons (Fsp3) is 0.448. The molecule has 0 aliphatic carbocycles. The highest BCUT2D eigenvalue weighted by atomic mass is 19.1. The number of aromatic nitrogens is 2. The molecule has 3 rings (SSSR count). The van der Waals surface area contributed by atoms with Gasteiger partial charge in [0.2, 0.25) is 0 Å². The summed E-state index contributed by atoms with van der Waals surface area (Å²) in [5, 5.41) is 10.3. The third kappa shape index (κ3) is 7.24. The Kier molecular flexibility index (Phi) is 9.76. The number of benzene rings is 2. The van der Waals surface area contributed by atoms with Crippen molar-refractivity contribution in [3.63, 3.8) is 0 Å². The van der Waals surface area contributed by atoms with E-state index in [0.717, 1.165) is 23.8 Å². The molecule has 0 spiro atoms. The van der Waals surface area contributed by atoms with Gasteiger partial charge in [0.1, 0.15) is 23.6 Å². The molecule has 3 aromatic rings. The number of amides is 1. The Morgan fingerprint density at radius 1 is 1.18 bits per heavy atom. The summed E-state index contributed by atoms with van der Waals surface area (Å²) in [5.74, 6) is -1.15. The lowest BCUT2D eigenvalue weighted by Gasteiger charge is -2.41. The second-order valence-corrected chi connectivity index (χ2v) is 10.7. The highest BCUT2D eigenvalue weighted by molar-refractivity contribution is 5.80. The van der Waals surface area contributed by atoms with E-state index in [9.17, 15) is 18.7 Å². The summed E-state index contributed by atoms with van der Waals surface area (Å²) in [6.45, 7) is 8.30. The monoisotopic (exact) mass is 528 g/mol. The number of aliphatic hydroxyl groups is 1. The molecule has 0 radical (unpaired) electrons. The first kappa shape index (κ1) is 29.4. The van der Waals surface area contributed by atoms with Gasteiger partial charge >= 0.3 is 0 Å². The van der Waals surface area contributed by atoms with Crippen LogP contribution in [-0.4, -0.2) is 57.9 Å². The quantitative estimate of drug-likeness (QED) is 0.381. The molecule has 38 heavy (non-hydrogen) atoms. The summed E-state index contributed by atoms with van der Waals surface area (Å²) in [4.78, 5) is 19.8. The minimum Gasteiger partial charge on any atom is -0.384 e. The zero-order chi connectivity index (χ0) is 28.0. The molecule has 3 atom stereocenters. The van der Waals surface area contributed by atoms with Gasteiger partial charge in [0.15, 0.2) is 0 Å². The first-order valence-corrected chi connectivity index (χ1v) is 12.7. The number of hydrogen-bond acceptors (Lipinski definition) is 5. The number of carbonyl (C=O) groups excluding carboxylic acids is 1. The third-order valence-electron chi connectivity index (χ3n) is 6.35. The summed E-state index contributed by atoms with van der Waals surface area (Å²) >= 11 is 0. The van der Waals surface area contributed by atoms with Crippen LogP contribution in [0.25, 0.3) is 11.3 Å². The van der Waals surface area contributed by atoms with Gasteiger partial charge < -0.3 is 25.0 Å². The van der Waals surface area contributed by atoms with Crippen LogP contribution in [0, 0.1) is 17.0 Å². The highest BCUT2D eigenvalue weighted by Crippen LogP contribution is 2.40. The molecular formula is C29H38F2N4O3. The molecule has 0 bridgehead atoms. The van der Waals surface area contributed by atoms with Crippen molar-refractivity contribution in [2.24, 2.45) is 11.1 Å². The average molecular weight is 529 g/mol. The van der Waals surface area contributed by atoms with Crippen LogP contribution in [0.15, 0.2) is 54.7 Å². The van der Waals surface area contributed by atoms with Crippen LogP contribution < -0.4 is 5.73 Å². The van der Waals surface area contributed by atoms with Gasteiger partial charge in [-0.25, -0.2) is 13.8 Å². The van der Waals surface area contributed by atoms with Crippen LogP contribution in [0.4, 0.5) is 8.78 Å². The van der Waals surface area contributed by atoms with Gasteiger partial charge in [0.25, 0.3) is 5.91 Å². The van der Waals surface area contributed by atoms with E-state index in [0.29, 0.717) is 25.4 Å². The number of nitrogens with zero attached hydrogens (tertiary/aromatic N) is 3. The van der Waals surface area contributed by atoms with Crippen LogP contribution in [0.3, 0.4) is 0 Å². The number of halogens is 2. The molecule has 7 nitrogen and oxygen atoms in total. The van der Waals surface area contributed by atoms with E-state index in [1.165, 1.54) is 6.92 Å². The number of imidazole rings is 1. The summed E-state index contributed by atoms with van der Waals surface area (Å²) < 4.78 is 35.9. The topological polar surface area (TPSA) is 93.6 Å². The van der Waals surface area contributed by atoms with Crippen molar-refractivity contribution in [2.75, 3.05) is 20.3 Å². The van der Waals surface area contributed by atoms with E-state index in [1.807, 2.05) is 55.7 Å². The molecule has 0 aliphatic rings. The maximum Gasteiger partial charge on any atom is 0.251 e. The molecule has 0 saturated heterocycles. The second kappa shape index (κ2) is 12.6. The number of ether oxygens (including phenoxy) is 1. The minimum atomic E-state index is -1.25. The molecule has 1 aromatic heterocycles. The van der Waals surface area contributed by atoms with Crippen LogP contribution in [0.2, 0.25) is 0 Å².